The molecule has 2 heterocycles. The third-order valence-electron chi connectivity index (χ3n) is 4.45. The van der Waals surface area contributed by atoms with E-state index in [0.717, 1.165) is 38.1 Å². The highest BCUT2D eigenvalue weighted by Crippen LogP contribution is 2.27. The van der Waals surface area contributed by atoms with Gasteiger partial charge in [-0.1, -0.05) is 13.3 Å². The topological polar surface area (TPSA) is 70.2 Å². The van der Waals surface area contributed by atoms with E-state index in [2.05, 4.69) is 27.5 Å². The van der Waals surface area contributed by atoms with E-state index in [1.165, 1.54) is 0 Å². The van der Waals surface area contributed by atoms with Gasteiger partial charge in [0.1, 0.15) is 5.69 Å². The molecule has 1 saturated heterocycles. The maximum absolute atomic E-state index is 12.6. The second-order valence-electron chi connectivity index (χ2n) is 6.27. The quantitative estimate of drug-likeness (QED) is 0.793. The molecule has 1 aliphatic heterocycles. The number of amides is 2. The van der Waals surface area contributed by atoms with E-state index in [0.29, 0.717) is 5.92 Å². The second kappa shape index (κ2) is 8.35. The summed E-state index contributed by atoms with van der Waals surface area (Å²) in [5.74, 6) is 0.417. The van der Waals surface area contributed by atoms with Crippen LogP contribution in [0.5, 0.6) is 0 Å². The van der Waals surface area contributed by atoms with Crippen LogP contribution in [0.25, 0.3) is 0 Å². The average Bonchev–Trinajstić information content (AvgIpc) is 2.58. The highest BCUT2D eigenvalue weighted by molar-refractivity contribution is 5.74. The fourth-order valence-electron chi connectivity index (χ4n) is 2.85. The third-order valence-corrected chi connectivity index (χ3v) is 4.45. The van der Waals surface area contributed by atoms with Crippen molar-refractivity contribution in [2.24, 2.45) is 5.92 Å². The van der Waals surface area contributed by atoms with Crippen LogP contribution in [0, 0.1) is 5.92 Å². The third kappa shape index (κ3) is 5.47. The Kier molecular flexibility index (Phi) is 6.44. The summed E-state index contributed by atoms with van der Waals surface area (Å²) in [4.78, 5) is 21.3. The molecule has 0 saturated carbocycles. The molecule has 2 amide bonds. The second-order valence-corrected chi connectivity index (χ2v) is 6.27. The summed E-state index contributed by atoms with van der Waals surface area (Å²) in [6, 6.07) is 0.870. The molecule has 0 unspecified atom stereocenters. The van der Waals surface area contributed by atoms with Gasteiger partial charge in [0, 0.05) is 31.9 Å². The van der Waals surface area contributed by atoms with Crippen LogP contribution < -0.4 is 10.6 Å². The van der Waals surface area contributed by atoms with Crippen LogP contribution in [0.1, 0.15) is 38.8 Å². The summed E-state index contributed by atoms with van der Waals surface area (Å²) in [6.07, 6.45) is -0.284. The molecular weight excluding hydrogens is 335 g/mol. The van der Waals surface area contributed by atoms with Gasteiger partial charge in [-0.2, -0.15) is 13.2 Å². The molecule has 2 N–H and O–H groups in total. The lowest BCUT2D eigenvalue weighted by Crippen LogP contribution is -2.50. The van der Waals surface area contributed by atoms with Gasteiger partial charge in [0.25, 0.3) is 0 Å². The summed E-state index contributed by atoms with van der Waals surface area (Å²) >= 11 is 0. The van der Waals surface area contributed by atoms with Crippen molar-refractivity contribution in [1.82, 2.24) is 20.2 Å². The van der Waals surface area contributed by atoms with Gasteiger partial charge in [0.2, 0.25) is 5.95 Å². The zero-order valence-corrected chi connectivity index (χ0v) is 14.4. The smallest absolute Gasteiger partial charge is 0.352 e. The van der Waals surface area contributed by atoms with Gasteiger partial charge in [0.15, 0.2) is 0 Å². The Bertz CT molecular complexity index is 581. The van der Waals surface area contributed by atoms with Crippen molar-refractivity contribution in [3.05, 3.63) is 18.0 Å². The van der Waals surface area contributed by atoms with Crippen molar-refractivity contribution in [2.75, 3.05) is 25.0 Å². The number of carbonyl (C=O) groups excluding carboxylic acids is 1. The molecule has 1 aliphatic rings. The van der Waals surface area contributed by atoms with Crippen molar-refractivity contribution < 1.29 is 18.0 Å². The number of halogens is 3. The van der Waals surface area contributed by atoms with Gasteiger partial charge in [-0.05, 0) is 31.7 Å². The van der Waals surface area contributed by atoms with Crippen molar-refractivity contribution in [3.8, 4) is 0 Å². The molecule has 2 rings (SSSR count). The number of alkyl halides is 3. The first kappa shape index (κ1) is 19.3. The summed E-state index contributed by atoms with van der Waals surface area (Å²) in [5.41, 5.74) is -0.998. The van der Waals surface area contributed by atoms with Crippen LogP contribution in [0.3, 0.4) is 0 Å². The molecular formula is C16H24F3N5O. The molecule has 2 atom stereocenters. The molecule has 0 aromatic carbocycles. The molecule has 9 heteroatoms. The van der Waals surface area contributed by atoms with Crippen LogP contribution in [-0.2, 0) is 6.18 Å². The number of nitrogens with one attached hydrogen (secondary N) is 2. The van der Waals surface area contributed by atoms with Crippen molar-refractivity contribution in [3.63, 3.8) is 0 Å². The number of piperidine rings is 1. The summed E-state index contributed by atoms with van der Waals surface area (Å²) in [6.45, 7) is 5.41. The first-order valence-corrected chi connectivity index (χ1v) is 8.49. The fourth-order valence-corrected chi connectivity index (χ4v) is 2.85. The maximum atomic E-state index is 12.6. The van der Waals surface area contributed by atoms with Crippen molar-refractivity contribution in [2.45, 2.75) is 45.3 Å². The molecule has 25 heavy (non-hydrogen) atoms. The van der Waals surface area contributed by atoms with Crippen LogP contribution >= 0.6 is 0 Å². The number of hydrogen-bond acceptors (Lipinski definition) is 4. The van der Waals surface area contributed by atoms with Crippen LogP contribution in [-0.4, -0.2) is 46.6 Å². The van der Waals surface area contributed by atoms with E-state index >= 15 is 0 Å². The Morgan fingerprint density at radius 1 is 1.36 bits per heavy atom. The van der Waals surface area contributed by atoms with Crippen LogP contribution in [0.15, 0.2) is 12.3 Å². The molecule has 1 aromatic rings. The summed E-state index contributed by atoms with van der Waals surface area (Å²) in [5, 5.41) is 5.48. The van der Waals surface area contributed by atoms with Crippen LogP contribution in [0.2, 0.25) is 0 Å². The zero-order chi connectivity index (χ0) is 18.4. The van der Waals surface area contributed by atoms with Crippen LogP contribution in [0.4, 0.5) is 23.9 Å². The first-order chi connectivity index (χ1) is 11.8. The molecule has 0 aliphatic carbocycles. The number of likely N-dealkylation sites (tertiary alicyclic amines) is 1. The lowest BCUT2D eigenvalue weighted by molar-refractivity contribution is -0.141. The summed E-state index contributed by atoms with van der Waals surface area (Å²) in [7, 11) is 0. The first-order valence-electron chi connectivity index (χ1n) is 8.49. The Morgan fingerprint density at radius 3 is 2.80 bits per heavy atom. The van der Waals surface area contributed by atoms with E-state index in [4.69, 9.17) is 0 Å². The Morgan fingerprint density at radius 2 is 2.12 bits per heavy atom. The molecule has 0 bridgehead atoms. The number of carbonyl (C=O) groups is 1. The molecule has 1 aromatic heterocycles. The van der Waals surface area contributed by atoms with Gasteiger partial charge in [-0.3, -0.25) is 0 Å². The summed E-state index contributed by atoms with van der Waals surface area (Å²) < 4.78 is 37.8. The monoisotopic (exact) mass is 359 g/mol. The number of aromatic nitrogens is 2. The number of urea groups is 1. The zero-order valence-electron chi connectivity index (χ0n) is 14.4. The van der Waals surface area contributed by atoms with Gasteiger partial charge in [-0.15, -0.1) is 0 Å². The number of rotatable bonds is 5. The van der Waals surface area contributed by atoms with Gasteiger partial charge in [-0.25, -0.2) is 14.8 Å². The average molecular weight is 359 g/mol. The molecule has 0 spiro atoms. The van der Waals surface area contributed by atoms with Gasteiger partial charge < -0.3 is 15.5 Å². The Labute approximate surface area is 145 Å². The van der Waals surface area contributed by atoms with Crippen molar-refractivity contribution in [1.29, 1.82) is 0 Å². The van der Waals surface area contributed by atoms with E-state index < -0.39 is 11.9 Å². The molecule has 1 fully saturated rings. The number of nitrogens with zero attached hydrogens (tertiary/aromatic N) is 3. The van der Waals surface area contributed by atoms with E-state index in [1.807, 2.05) is 11.8 Å². The van der Waals surface area contributed by atoms with E-state index in [9.17, 15) is 18.0 Å². The molecule has 6 nitrogen and oxygen atoms in total. The Hall–Kier alpha value is -2.06. The fraction of sp³-hybridized carbons (Fsp3) is 0.688. The standard InChI is InChI=1S/C16H24F3N5O/c1-3-12-5-4-11(2)24(10-12)15(25)22-9-8-21-14-20-7-6-13(23-14)16(17,18)19/h6-7,11-12H,3-5,8-10H2,1-2H3,(H,22,25)(H,20,21,23)/t11-,12-/m1/s1. The lowest BCUT2D eigenvalue weighted by atomic mass is 9.92. The lowest BCUT2D eigenvalue weighted by Gasteiger charge is -2.37. The molecule has 140 valence electrons. The highest BCUT2D eigenvalue weighted by Gasteiger charge is 2.32. The molecule has 0 radical (unpaired) electrons. The largest absolute Gasteiger partial charge is 0.433 e. The predicted octanol–water partition coefficient (Wildman–Crippen LogP) is 3.13. The number of hydrogen-bond donors (Lipinski definition) is 2. The Balaban J connectivity index is 1.78. The minimum absolute atomic E-state index is 0.110. The minimum atomic E-state index is -4.51. The minimum Gasteiger partial charge on any atom is -0.352 e. The van der Waals surface area contributed by atoms with Gasteiger partial charge in [0.05, 0.1) is 0 Å². The predicted molar refractivity (Wildman–Crippen MR) is 88.1 cm³/mol. The van der Waals surface area contributed by atoms with Crippen molar-refractivity contribution >= 4 is 12.0 Å². The SMILES string of the molecule is CC[C@@H]1CC[C@@H](C)N(C(=O)NCCNc2nccc(C(F)(F)F)n2)C1. The van der Waals surface area contributed by atoms with Gasteiger partial charge >= 0.3 is 12.2 Å². The van der Waals surface area contributed by atoms with E-state index in [1.54, 1.807) is 0 Å². The highest BCUT2D eigenvalue weighted by atomic mass is 19.4. The maximum Gasteiger partial charge on any atom is 0.433 e. The normalized spacial score (nSPS) is 21.1. The van der Waals surface area contributed by atoms with E-state index in [-0.39, 0.29) is 31.1 Å². The number of anilines is 1.